The van der Waals surface area contributed by atoms with E-state index >= 15 is 0 Å². The molecule has 0 aliphatic carbocycles. The minimum Gasteiger partial charge on any atom is -0.489 e. The van der Waals surface area contributed by atoms with Crippen LogP contribution in [0.15, 0.2) is 108 Å². The van der Waals surface area contributed by atoms with Crippen molar-refractivity contribution in [3.8, 4) is 11.5 Å². The lowest BCUT2D eigenvalue weighted by Gasteiger charge is -2.11. The predicted octanol–water partition coefficient (Wildman–Crippen LogP) is 5.39. The molecule has 1 amide bonds. The average molecular weight is 503 g/mol. The molecule has 0 aliphatic heterocycles. The number of hydrogen-bond acceptors (Lipinski definition) is 5. The van der Waals surface area contributed by atoms with Crippen molar-refractivity contribution in [3.63, 3.8) is 0 Å². The third-order valence-corrected chi connectivity index (χ3v) is 6.66. The Balaban J connectivity index is 1.26. The first-order valence-electron chi connectivity index (χ1n) is 11.3. The summed E-state index contributed by atoms with van der Waals surface area (Å²) in [6.07, 6.45) is 0. The van der Waals surface area contributed by atoms with Gasteiger partial charge in [0.15, 0.2) is 6.61 Å². The number of para-hydroxylation sites is 1. The number of amides is 1. The lowest BCUT2D eigenvalue weighted by Crippen LogP contribution is -2.20. The van der Waals surface area contributed by atoms with Crippen LogP contribution in [-0.2, 0) is 21.4 Å². The Bertz CT molecular complexity index is 1400. The second-order valence-corrected chi connectivity index (χ2v) is 9.71. The zero-order chi connectivity index (χ0) is 25.4. The van der Waals surface area contributed by atoms with Crippen molar-refractivity contribution in [1.82, 2.24) is 0 Å². The van der Waals surface area contributed by atoms with Gasteiger partial charge in [-0.1, -0.05) is 48.5 Å². The van der Waals surface area contributed by atoms with Crippen LogP contribution < -0.4 is 19.5 Å². The maximum absolute atomic E-state index is 12.6. The van der Waals surface area contributed by atoms with Crippen LogP contribution >= 0.6 is 0 Å². The van der Waals surface area contributed by atoms with E-state index in [2.05, 4.69) is 10.0 Å². The standard InChI is InChI=1S/C28H26N2O5S/c1-21-7-5-6-10-27(21)30-36(32,33)26-17-15-25(16-18-26)35-20-28(31)29-23-11-13-24(14-12-23)34-19-22-8-3-2-4-9-22/h2-18,30H,19-20H2,1H3,(H,29,31). The zero-order valence-corrected chi connectivity index (χ0v) is 20.5. The molecule has 0 saturated carbocycles. The van der Waals surface area contributed by atoms with E-state index in [0.29, 0.717) is 29.5 Å². The zero-order valence-electron chi connectivity index (χ0n) is 19.7. The van der Waals surface area contributed by atoms with Gasteiger partial charge in [0.1, 0.15) is 18.1 Å². The highest BCUT2D eigenvalue weighted by molar-refractivity contribution is 7.92. The normalized spacial score (nSPS) is 10.9. The Hall–Kier alpha value is -4.30. The molecule has 4 rings (SSSR count). The number of anilines is 2. The molecular weight excluding hydrogens is 476 g/mol. The molecule has 0 aliphatic rings. The number of nitrogens with one attached hydrogen (secondary N) is 2. The van der Waals surface area contributed by atoms with Gasteiger partial charge in [0.05, 0.1) is 10.6 Å². The molecule has 0 saturated heterocycles. The summed E-state index contributed by atoms with van der Waals surface area (Å²) in [6, 6.07) is 29.9. The molecular formula is C28H26N2O5S. The van der Waals surface area contributed by atoms with Gasteiger partial charge in [0, 0.05) is 5.69 Å². The van der Waals surface area contributed by atoms with Gasteiger partial charge in [-0.05, 0) is 72.6 Å². The molecule has 0 fully saturated rings. The van der Waals surface area contributed by atoms with Crippen LogP contribution in [0.5, 0.6) is 11.5 Å². The molecule has 8 heteroatoms. The van der Waals surface area contributed by atoms with Gasteiger partial charge in [0.25, 0.3) is 15.9 Å². The third kappa shape index (κ3) is 6.86. The first-order chi connectivity index (χ1) is 17.4. The van der Waals surface area contributed by atoms with Crippen molar-refractivity contribution in [3.05, 3.63) is 114 Å². The van der Waals surface area contributed by atoms with E-state index < -0.39 is 10.0 Å². The van der Waals surface area contributed by atoms with Crippen molar-refractivity contribution in [2.45, 2.75) is 18.4 Å². The van der Waals surface area contributed by atoms with E-state index in [0.717, 1.165) is 11.1 Å². The van der Waals surface area contributed by atoms with Gasteiger partial charge < -0.3 is 14.8 Å². The molecule has 4 aromatic rings. The van der Waals surface area contributed by atoms with Gasteiger partial charge in [-0.25, -0.2) is 8.42 Å². The molecule has 0 heterocycles. The highest BCUT2D eigenvalue weighted by Gasteiger charge is 2.15. The lowest BCUT2D eigenvalue weighted by atomic mass is 10.2. The SMILES string of the molecule is Cc1ccccc1NS(=O)(=O)c1ccc(OCC(=O)Nc2ccc(OCc3ccccc3)cc2)cc1. The molecule has 2 N–H and O–H groups in total. The summed E-state index contributed by atoms with van der Waals surface area (Å²) in [6.45, 7) is 2.07. The summed E-state index contributed by atoms with van der Waals surface area (Å²) in [7, 11) is -3.74. The molecule has 0 aromatic heterocycles. The fourth-order valence-electron chi connectivity index (χ4n) is 3.33. The molecule has 4 aromatic carbocycles. The molecule has 0 spiro atoms. The van der Waals surface area contributed by atoms with Crippen LogP contribution in [0.2, 0.25) is 0 Å². The second-order valence-electron chi connectivity index (χ2n) is 8.03. The van der Waals surface area contributed by atoms with Gasteiger partial charge in [-0.3, -0.25) is 9.52 Å². The number of aryl methyl sites for hydroxylation is 1. The Morgan fingerprint density at radius 1 is 0.750 bits per heavy atom. The largest absolute Gasteiger partial charge is 0.489 e. The third-order valence-electron chi connectivity index (χ3n) is 5.28. The molecule has 0 radical (unpaired) electrons. The molecule has 0 unspecified atom stereocenters. The average Bonchev–Trinajstić information content (AvgIpc) is 2.89. The second kappa shape index (κ2) is 11.4. The number of ether oxygens (including phenoxy) is 2. The van der Waals surface area contributed by atoms with Crippen LogP contribution in [0.1, 0.15) is 11.1 Å². The minimum atomic E-state index is -3.74. The van der Waals surface area contributed by atoms with Crippen LogP contribution in [0.25, 0.3) is 0 Å². The van der Waals surface area contributed by atoms with Gasteiger partial charge >= 0.3 is 0 Å². The van der Waals surface area contributed by atoms with Gasteiger partial charge in [-0.2, -0.15) is 0 Å². The Morgan fingerprint density at radius 2 is 1.36 bits per heavy atom. The number of hydrogen-bond donors (Lipinski definition) is 2. The minimum absolute atomic E-state index is 0.0946. The topological polar surface area (TPSA) is 93.7 Å². The monoisotopic (exact) mass is 502 g/mol. The quantitative estimate of drug-likeness (QED) is 0.303. The van der Waals surface area contributed by atoms with E-state index in [9.17, 15) is 13.2 Å². The number of benzene rings is 4. The summed E-state index contributed by atoms with van der Waals surface area (Å²) >= 11 is 0. The number of carbonyl (C=O) groups excluding carboxylic acids is 1. The summed E-state index contributed by atoms with van der Waals surface area (Å²) in [5.74, 6) is 0.732. The Morgan fingerprint density at radius 3 is 2.06 bits per heavy atom. The van der Waals surface area contributed by atoms with E-state index in [1.165, 1.54) is 24.3 Å². The first kappa shape index (κ1) is 24.8. The maximum atomic E-state index is 12.6. The molecule has 0 bridgehead atoms. The maximum Gasteiger partial charge on any atom is 0.262 e. The summed E-state index contributed by atoms with van der Waals surface area (Å²) in [5.41, 5.74) is 3.02. The summed E-state index contributed by atoms with van der Waals surface area (Å²) in [5, 5.41) is 2.76. The lowest BCUT2D eigenvalue weighted by molar-refractivity contribution is -0.118. The van der Waals surface area contributed by atoms with Crippen molar-refractivity contribution in [2.24, 2.45) is 0 Å². The molecule has 184 valence electrons. The smallest absolute Gasteiger partial charge is 0.262 e. The molecule has 0 atom stereocenters. The van der Waals surface area contributed by atoms with Crippen LogP contribution in [0.3, 0.4) is 0 Å². The van der Waals surface area contributed by atoms with Crippen molar-refractivity contribution in [1.29, 1.82) is 0 Å². The van der Waals surface area contributed by atoms with E-state index in [1.807, 2.05) is 49.4 Å². The number of carbonyl (C=O) groups is 1. The number of rotatable bonds is 10. The summed E-state index contributed by atoms with van der Waals surface area (Å²) in [4.78, 5) is 12.4. The fraction of sp³-hybridized carbons (Fsp3) is 0.107. The van der Waals surface area contributed by atoms with Crippen LogP contribution in [0, 0.1) is 6.92 Å². The number of sulfonamides is 1. The van der Waals surface area contributed by atoms with E-state index in [1.54, 1.807) is 36.4 Å². The van der Waals surface area contributed by atoms with Crippen molar-refractivity contribution < 1.29 is 22.7 Å². The molecule has 7 nitrogen and oxygen atoms in total. The van der Waals surface area contributed by atoms with Crippen molar-refractivity contribution >= 4 is 27.3 Å². The Kier molecular flexibility index (Phi) is 7.87. The predicted molar refractivity (Wildman–Crippen MR) is 140 cm³/mol. The van der Waals surface area contributed by atoms with E-state index in [4.69, 9.17) is 9.47 Å². The Labute approximate surface area is 210 Å². The highest BCUT2D eigenvalue weighted by atomic mass is 32.2. The first-order valence-corrected chi connectivity index (χ1v) is 12.8. The van der Waals surface area contributed by atoms with Crippen molar-refractivity contribution in [2.75, 3.05) is 16.6 Å². The van der Waals surface area contributed by atoms with Crippen LogP contribution in [0.4, 0.5) is 11.4 Å². The summed E-state index contributed by atoms with van der Waals surface area (Å²) < 4.78 is 39.1. The highest BCUT2D eigenvalue weighted by Crippen LogP contribution is 2.22. The van der Waals surface area contributed by atoms with Crippen LogP contribution in [-0.4, -0.2) is 20.9 Å². The van der Waals surface area contributed by atoms with Gasteiger partial charge in [-0.15, -0.1) is 0 Å². The molecule has 36 heavy (non-hydrogen) atoms. The van der Waals surface area contributed by atoms with E-state index in [-0.39, 0.29) is 17.4 Å². The fourth-order valence-corrected chi connectivity index (χ4v) is 4.46. The van der Waals surface area contributed by atoms with Gasteiger partial charge in [0.2, 0.25) is 0 Å².